The van der Waals surface area contributed by atoms with Crippen molar-refractivity contribution in [3.05, 3.63) is 17.8 Å². The summed E-state index contributed by atoms with van der Waals surface area (Å²) in [7, 11) is 2.68. The number of rotatable bonds is 0. The Morgan fingerprint density at radius 1 is 1.60 bits per heavy atom. The van der Waals surface area contributed by atoms with E-state index in [1.165, 1.54) is 11.4 Å². The lowest BCUT2D eigenvalue weighted by Crippen LogP contribution is -2.24. The first-order chi connectivity index (χ1) is 4.86. The van der Waals surface area contributed by atoms with Crippen LogP contribution in [0.3, 0.4) is 0 Å². The third-order valence-electron chi connectivity index (χ3n) is 1.67. The predicted molar refractivity (Wildman–Crippen MR) is 44.5 cm³/mol. The molecule has 0 spiro atoms. The summed E-state index contributed by atoms with van der Waals surface area (Å²) in [6.45, 7) is 1.91. The molecule has 0 saturated carbocycles. The van der Waals surface area contributed by atoms with Crippen LogP contribution in [0.2, 0.25) is 0 Å². The van der Waals surface area contributed by atoms with Crippen LogP contribution in [0.5, 0.6) is 0 Å². The number of aromatic nitrogens is 1. The van der Waals surface area contributed by atoms with E-state index in [9.17, 15) is 0 Å². The summed E-state index contributed by atoms with van der Waals surface area (Å²) in [6, 6.07) is 2.10. The van der Waals surface area contributed by atoms with Crippen LogP contribution < -0.4 is 5.32 Å². The van der Waals surface area contributed by atoms with Gasteiger partial charge in [-0.05, 0) is 6.07 Å². The average Bonchev–Trinajstić information content (AvgIpc) is 2.33. The van der Waals surface area contributed by atoms with Crippen LogP contribution in [0.1, 0.15) is 5.56 Å². The molecule has 0 saturated heterocycles. The second-order valence-electron chi connectivity index (χ2n) is 2.46. The Morgan fingerprint density at radius 3 is 3.40 bits per heavy atom. The zero-order valence-corrected chi connectivity index (χ0v) is 6.75. The third kappa shape index (κ3) is 0.917. The number of aromatic amines is 1. The van der Waals surface area contributed by atoms with Crippen LogP contribution in [-0.4, -0.2) is 16.3 Å². The Morgan fingerprint density at radius 2 is 2.50 bits per heavy atom. The molecule has 1 aromatic heterocycles. The van der Waals surface area contributed by atoms with E-state index in [1.807, 2.05) is 6.20 Å². The number of nitrogens with one attached hydrogen (secondary N) is 2. The monoisotopic (exact) mass is 155 g/mol. The summed E-state index contributed by atoms with van der Waals surface area (Å²) in [6.07, 6.45) is 1.96. The molecular formula is C6H10N3P. The van der Waals surface area contributed by atoms with Crippen molar-refractivity contribution in [2.75, 3.05) is 12.0 Å². The SMILES string of the molecule is PN1CNc2[nH]ccc2C1. The Balaban J connectivity index is 2.30. The van der Waals surface area contributed by atoms with Crippen molar-refractivity contribution in [1.29, 1.82) is 0 Å². The molecule has 10 heavy (non-hydrogen) atoms. The Labute approximate surface area is 62.1 Å². The molecule has 4 heteroatoms. The molecule has 2 rings (SSSR count). The van der Waals surface area contributed by atoms with E-state index in [1.54, 1.807) is 0 Å². The highest BCUT2D eigenvalue weighted by Crippen LogP contribution is 2.21. The highest BCUT2D eigenvalue weighted by molar-refractivity contribution is 7.13. The molecule has 1 aromatic rings. The van der Waals surface area contributed by atoms with E-state index in [0.717, 1.165) is 13.2 Å². The number of hydrogen-bond donors (Lipinski definition) is 2. The van der Waals surface area contributed by atoms with Crippen molar-refractivity contribution in [3.63, 3.8) is 0 Å². The van der Waals surface area contributed by atoms with Gasteiger partial charge >= 0.3 is 0 Å². The van der Waals surface area contributed by atoms with E-state index in [-0.39, 0.29) is 0 Å². The van der Waals surface area contributed by atoms with Crippen molar-refractivity contribution in [2.24, 2.45) is 0 Å². The summed E-state index contributed by atoms with van der Waals surface area (Å²) in [5, 5.41) is 3.24. The van der Waals surface area contributed by atoms with Gasteiger partial charge in [0.25, 0.3) is 0 Å². The van der Waals surface area contributed by atoms with E-state index in [2.05, 4.69) is 30.4 Å². The van der Waals surface area contributed by atoms with Crippen molar-refractivity contribution < 1.29 is 0 Å². The molecule has 0 radical (unpaired) electrons. The minimum atomic E-state index is 0.901. The summed E-state index contributed by atoms with van der Waals surface area (Å²) in [5.74, 6) is 1.17. The van der Waals surface area contributed by atoms with Crippen LogP contribution >= 0.6 is 9.39 Å². The normalized spacial score (nSPS) is 18.1. The van der Waals surface area contributed by atoms with Gasteiger partial charge in [0.1, 0.15) is 5.82 Å². The summed E-state index contributed by atoms with van der Waals surface area (Å²) >= 11 is 0. The average molecular weight is 155 g/mol. The van der Waals surface area contributed by atoms with Crippen LogP contribution in [0, 0.1) is 0 Å². The fourth-order valence-corrected chi connectivity index (χ4v) is 1.44. The van der Waals surface area contributed by atoms with Gasteiger partial charge in [0.15, 0.2) is 0 Å². The maximum atomic E-state index is 3.24. The smallest absolute Gasteiger partial charge is 0.108 e. The Bertz CT molecular complexity index is 233. The molecule has 54 valence electrons. The predicted octanol–water partition coefficient (Wildman–Crippen LogP) is 0.990. The topological polar surface area (TPSA) is 31.1 Å². The molecule has 0 fully saturated rings. The highest BCUT2D eigenvalue weighted by Gasteiger charge is 2.11. The van der Waals surface area contributed by atoms with Gasteiger partial charge in [0.05, 0.1) is 6.67 Å². The quantitative estimate of drug-likeness (QED) is 0.547. The van der Waals surface area contributed by atoms with Gasteiger partial charge in [-0.2, -0.15) is 0 Å². The molecular weight excluding hydrogens is 145 g/mol. The lowest BCUT2D eigenvalue weighted by Gasteiger charge is -2.23. The molecule has 0 bridgehead atoms. The summed E-state index contributed by atoms with van der Waals surface area (Å²) < 4.78 is 2.15. The van der Waals surface area contributed by atoms with Crippen LogP contribution in [0.4, 0.5) is 5.82 Å². The van der Waals surface area contributed by atoms with Crippen molar-refractivity contribution in [1.82, 2.24) is 9.65 Å². The maximum Gasteiger partial charge on any atom is 0.108 e. The van der Waals surface area contributed by atoms with Gasteiger partial charge in [0, 0.05) is 18.3 Å². The van der Waals surface area contributed by atoms with E-state index in [0.29, 0.717) is 0 Å². The van der Waals surface area contributed by atoms with Gasteiger partial charge in [-0.25, -0.2) is 0 Å². The molecule has 1 aliphatic heterocycles. The summed E-state index contributed by atoms with van der Waals surface area (Å²) in [4.78, 5) is 3.13. The molecule has 0 aromatic carbocycles. The number of H-pyrrole nitrogens is 1. The zero-order chi connectivity index (χ0) is 6.97. The minimum absolute atomic E-state index is 0.901. The van der Waals surface area contributed by atoms with Gasteiger partial charge < -0.3 is 10.3 Å². The van der Waals surface area contributed by atoms with Gasteiger partial charge in [-0.3, -0.25) is 4.67 Å². The van der Waals surface area contributed by atoms with E-state index < -0.39 is 0 Å². The first-order valence-electron chi connectivity index (χ1n) is 3.26. The number of hydrogen-bond acceptors (Lipinski definition) is 2. The fourth-order valence-electron chi connectivity index (χ4n) is 1.15. The lowest BCUT2D eigenvalue weighted by atomic mass is 10.3. The van der Waals surface area contributed by atoms with Crippen LogP contribution in [0.15, 0.2) is 12.3 Å². The van der Waals surface area contributed by atoms with E-state index >= 15 is 0 Å². The summed E-state index contributed by atoms with van der Waals surface area (Å²) in [5.41, 5.74) is 1.33. The zero-order valence-electron chi connectivity index (χ0n) is 5.59. The lowest BCUT2D eigenvalue weighted by molar-refractivity contribution is 0.482. The molecule has 0 amide bonds. The molecule has 2 heterocycles. The van der Waals surface area contributed by atoms with Gasteiger partial charge in [-0.15, -0.1) is 0 Å². The Kier molecular flexibility index (Phi) is 1.40. The molecule has 3 nitrogen and oxygen atoms in total. The largest absolute Gasteiger partial charge is 0.358 e. The number of nitrogens with zero attached hydrogens (tertiary/aromatic N) is 1. The van der Waals surface area contributed by atoms with Gasteiger partial charge in [-0.1, -0.05) is 9.39 Å². The maximum absolute atomic E-state index is 3.24. The second kappa shape index (κ2) is 2.26. The first-order valence-corrected chi connectivity index (χ1v) is 3.77. The highest BCUT2D eigenvalue weighted by atomic mass is 31.0. The third-order valence-corrected chi connectivity index (χ3v) is 2.03. The van der Waals surface area contributed by atoms with E-state index in [4.69, 9.17) is 0 Å². The second-order valence-corrected chi connectivity index (χ2v) is 3.19. The first kappa shape index (κ1) is 6.20. The van der Waals surface area contributed by atoms with Crippen LogP contribution in [0.25, 0.3) is 0 Å². The minimum Gasteiger partial charge on any atom is -0.358 e. The number of anilines is 1. The molecule has 1 aliphatic rings. The standard InChI is InChI=1S/C6H10N3P/c10-9-3-5-1-2-7-6(5)8-4-9/h1-2,7-8H,3-4,10H2. The van der Waals surface area contributed by atoms with Gasteiger partial charge in [0.2, 0.25) is 0 Å². The molecule has 1 atom stereocenters. The number of fused-ring (bicyclic) bond motifs is 1. The van der Waals surface area contributed by atoms with Crippen molar-refractivity contribution >= 4 is 15.2 Å². The Hall–Kier alpha value is -0.530. The fraction of sp³-hybridized carbons (Fsp3) is 0.333. The van der Waals surface area contributed by atoms with Crippen molar-refractivity contribution in [2.45, 2.75) is 6.54 Å². The van der Waals surface area contributed by atoms with Crippen LogP contribution in [-0.2, 0) is 6.54 Å². The molecule has 2 N–H and O–H groups in total. The van der Waals surface area contributed by atoms with Crippen molar-refractivity contribution in [3.8, 4) is 0 Å². The molecule has 0 aliphatic carbocycles. The molecule has 1 unspecified atom stereocenters.